The Morgan fingerprint density at radius 3 is 2.60 bits per heavy atom. The van der Waals surface area contributed by atoms with Crippen LogP contribution in [0.5, 0.6) is 11.5 Å². The van der Waals surface area contributed by atoms with E-state index in [1.807, 2.05) is 12.1 Å². The molecule has 4 rings (SSSR count). The summed E-state index contributed by atoms with van der Waals surface area (Å²) in [6.45, 7) is 8.06. The van der Waals surface area contributed by atoms with Crippen molar-refractivity contribution in [1.82, 2.24) is 5.32 Å². The lowest BCUT2D eigenvalue weighted by Crippen LogP contribution is -2.68. The zero-order valence-electron chi connectivity index (χ0n) is 21.7. The van der Waals surface area contributed by atoms with Gasteiger partial charge in [0, 0.05) is 24.1 Å². The fraction of sp³-hybridized carbons (Fsp3) is 0.500. The molecule has 0 aliphatic carbocycles. The highest BCUT2D eigenvalue weighted by Crippen LogP contribution is 2.52. The fourth-order valence-corrected chi connectivity index (χ4v) is 5.51. The van der Waals surface area contributed by atoms with Crippen molar-refractivity contribution in [3.05, 3.63) is 59.7 Å². The number of nitrogens with zero attached hydrogens (tertiary/aromatic N) is 1. The first-order chi connectivity index (χ1) is 16.9. The minimum absolute atomic E-state index is 0.0859. The number of unbranched alkanes of at least 4 members (excludes halogenated alkanes) is 5. The molecule has 0 bridgehead atoms. The Morgan fingerprint density at radius 1 is 1.03 bits per heavy atom. The van der Waals surface area contributed by atoms with E-state index in [9.17, 15) is 4.79 Å². The molecule has 2 aromatic rings. The number of amides is 1. The minimum Gasteiger partial charge on any atom is -0.493 e. The number of para-hydroxylation sites is 1. The van der Waals surface area contributed by atoms with Crippen molar-refractivity contribution < 1.29 is 14.3 Å². The van der Waals surface area contributed by atoms with Gasteiger partial charge < -0.3 is 19.7 Å². The number of anilines is 1. The number of nitrogens with one attached hydrogen (secondary N) is 1. The first-order valence-corrected chi connectivity index (χ1v) is 13.1. The maximum atomic E-state index is 12.6. The highest BCUT2D eigenvalue weighted by Gasteiger charge is 2.57. The predicted octanol–water partition coefficient (Wildman–Crippen LogP) is 6.46. The largest absolute Gasteiger partial charge is 0.493 e. The first-order valence-electron chi connectivity index (χ1n) is 13.1. The minimum atomic E-state index is -0.619. The number of hydrogen-bond donors (Lipinski definition) is 1. The molecule has 188 valence electrons. The third-order valence-corrected chi connectivity index (χ3v) is 7.60. The predicted molar refractivity (Wildman–Crippen MR) is 143 cm³/mol. The maximum Gasteiger partial charge on any atom is 0.223 e. The summed E-state index contributed by atoms with van der Waals surface area (Å²) in [5.74, 6) is 1.59. The van der Waals surface area contributed by atoms with Gasteiger partial charge in [-0.25, -0.2) is 0 Å². The zero-order valence-corrected chi connectivity index (χ0v) is 21.7. The summed E-state index contributed by atoms with van der Waals surface area (Å²) in [5, 5.41) is 3.34. The van der Waals surface area contributed by atoms with Gasteiger partial charge in [-0.05, 0) is 41.8 Å². The Morgan fingerprint density at radius 2 is 1.80 bits per heavy atom. The molecule has 2 aromatic carbocycles. The second-order valence-corrected chi connectivity index (χ2v) is 10.2. The van der Waals surface area contributed by atoms with E-state index >= 15 is 0 Å². The van der Waals surface area contributed by atoms with Crippen LogP contribution in [-0.2, 0) is 10.2 Å². The van der Waals surface area contributed by atoms with Gasteiger partial charge in [-0.3, -0.25) is 4.79 Å². The van der Waals surface area contributed by atoms with Gasteiger partial charge >= 0.3 is 0 Å². The SMILES string of the molecule is CCCCCCCCOc1ccc(C=C[C@@]23NC(=O)CCN2c2ccccc2C3(C)C)cc1OC. The van der Waals surface area contributed by atoms with Gasteiger partial charge in [0.1, 0.15) is 5.66 Å². The lowest BCUT2D eigenvalue weighted by atomic mass is 9.74. The van der Waals surface area contributed by atoms with E-state index in [0.717, 1.165) is 23.5 Å². The van der Waals surface area contributed by atoms with Crippen LogP contribution >= 0.6 is 0 Å². The van der Waals surface area contributed by atoms with Crippen LogP contribution in [0.15, 0.2) is 48.5 Å². The van der Waals surface area contributed by atoms with E-state index in [1.165, 1.54) is 43.4 Å². The number of methoxy groups -OCH3 is 1. The Kier molecular flexibility index (Phi) is 7.73. The molecule has 0 unspecified atom stereocenters. The van der Waals surface area contributed by atoms with E-state index in [1.54, 1.807) is 7.11 Å². The van der Waals surface area contributed by atoms with Crippen LogP contribution < -0.4 is 19.7 Å². The summed E-state index contributed by atoms with van der Waals surface area (Å²) in [6, 6.07) is 14.5. The quantitative estimate of drug-likeness (QED) is 0.378. The average molecular weight is 477 g/mol. The Labute approximate surface area is 210 Å². The summed E-state index contributed by atoms with van der Waals surface area (Å²) in [6.07, 6.45) is 12.2. The number of ether oxygens (including phenoxy) is 2. The van der Waals surface area contributed by atoms with Crippen LogP contribution in [0.25, 0.3) is 6.08 Å². The van der Waals surface area contributed by atoms with Crippen molar-refractivity contribution in [3.63, 3.8) is 0 Å². The monoisotopic (exact) mass is 476 g/mol. The molecule has 1 N–H and O–H groups in total. The number of carbonyl (C=O) groups is 1. The molecule has 1 atom stereocenters. The molecule has 2 heterocycles. The highest BCUT2D eigenvalue weighted by atomic mass is 16.5. The third kappa shape index (κ3) is 4.91. The molecular formula is C30H40N2O3. The second kappa shape index (κ2) is 10.8. The van der Waals surface area contributed by atoms with Crippen LogP contribution in [0.1, 0.15) is 76.8 Å². The summed E-state index contributed by atoms with van der Waals surface area (Å²) in [7, 11) is 1.68. The van der Waals surface area contributed by atoms with E-state index in [4.69, 9.17) is 9.47 Å². The Balaban J connectivity index is 1.51. The first kappa shape index (κ1) is 25.2. The molecule has 2 aliphatic rings. The van der Waals surface area contributed by atoms with E-state index in [0.29, 0.717) is 19.6 Å². The van der Waals surface area contributed by atoms with Crippen LogP contribution in [0.2, 0.25) is 0 Å². The summed E-state index contributed by atoms with van der Waals surface area (Å²) < 4.78 is 11.7. The molecule has 1 saturated heterocycles. The van der Waals surface area contributed by atoms with Crippen LogP contribution in [0.3, 0.4) is 0 Å². The number of rotatable bonds is 11. The van der Waals surface area contributed by atoms with Crippen molar-refractivity contribution in [2.45, 2.75) is 76.8 Å². The van der Waals surface area contributed by atoms with Crippen LogP contribution in [-0.4, -0.2) is 31.8 Å². The van der Waals surface area contributed by atoms with Crippen molar-refractivity contribution in [2.24, 2.45) is 0 Å². The molecule has 1 fully saturated rings. The average Bonchev–Trinajstić information content (AvgIpc) is 3.06. The number of carbonyl (C=O) groups excluding carboxylic acids is 1. The second-order valence-electron chi connectivity index (χ2n) is 10.2. The number of hydrogen-bond acceptors (Lipinski definition) is 4. The van der Waals surface area contributed by atoms with Crippen LogP contribution in [0, 0.1) is 0 Å². The van der Waals surface area contributed by atoms with Gasteiger partial charge in [-0.15, -0.1) is 0 Å². The van der Waals surface area contributed by atoms with Gasteiger partial charge in [0.05, 0.1) is 13.7 Å². The maximum absolute atomic E-state index is 12.6. The molecule has 5 nitrogen and oxygen atoms in total. The van der Waals surface area contributed by atoms with E-state index < -0.39 is 5.66 Å². The molecule has 0 aromatic heterocycles. The molecule has 0 saturated carbocycles. The smallest absolute Gasteiger partial charge is 0.223 e. The topological polar surface area (TPSA) is 50.8 Å². The standard InChI is InChI=1S/C30H40N2O3/c1-5-6-7-8-9-12-21-35-26-16-15-23(22-27(26)34-4)17-19-30-29(2,3)24-13-10-11-14-25(24)32(30)20-18-28(33)31-30/h10-11,13-17,19,22H,5-9,12,18,20-21H2,1-4H3,(H,31,33)/t30-/m1/s1. The van der Waals surface area contributed by atoms with Gasteiger partial charge in [0.15, 0.2) is 11.5 Å². The van der Waals surface area contributed by atoms with Crippen molar-refractivity contribution in [2.75, 3.05) is 25.2 Å². The highest BCUT2D eigenvalue weighted by molar-refractivity contribution is 5.84. The molecule has 2 aliphatic heterocycles. The molecular weight excluding hydrogens is 436 g/mol. The Hall–Kier alpha value is -2.95. The third-order valence-electron chi connectivity index (χ3n) is 7.60. The van der Waals surface area contributed by atoms with E-state index in [-0.39, 0.29) is 11.3 Å². The number of fused-ring (bicyclic) bond motifs is 3. The van der Waals surface area contributed by atoms with E-state index in [2.05, 4.69) is 73.5 Å². The summed E-state index contributed by atoms with van der Waals surface area (Å²) >= 11 is 0. The molecule has 0 radical (unpaired) electrons. The van der Waals surface area contributed by atoms with Gasteiger partial charge in [0.2, 0.25) is 5.91 Å². The van der Waals surface area contributed by atoms with Gasteiger partial charge in [-0.1, -0.05) is 83.2 Å². The van der Waals surface area contributed by atoms with Gasteiger partial charge in [-0.2, -0.15) is 0 Å². The van der Waals surface area contributed by atoms with Crippen molar-refractivity contribution in [3.8, 4) is 11.5 Å². The normalized spacial score (nSPS) is 20.5. The molecule has 35 heavy (non-hydrogen) atoms. The molecule has 0 spiro atoms. The molecule has 5 heteroatoms. The lowest BCUT2D eigenvalue weighted by molar-refractivity contribution is -0.124. The summed E-state index contributed by atoms with van der Waals surface area (Å²) in [4.78, 5) is 14.9. The Bertz CT molecular complexity index is 1060. The lowest BCUT2D eigenvalue weighted by Gasteiger charge is -2.49. The fourth-order valence-electron chi connectivity index (χ4n) is 5.51. The zero-order chi connectivity index (χ0) is 24.9. The van der Waals surface area contributed by atoms with Crippen LogP contribution in [0.4, 0.5) is 5.69 Å². The van der Waals surface area contributed by atoms with Crippen molar-refractivity contribution in [1.29, 1.82) is 0 Å². The number of benzene rings is 2. The van der Waals surface area contributed by atoms with Gasteiger partial charge in [0.25, 0.3) is 0 Å². The summed E-state index contributed by atoms with van der Waals surface area (Å²) in [5.41, 5.74) is 2.54. The van der Waals surface area contributed by atoms with Crippen molar-refractivity contribution >= 4 is 17.7 Å². The molecule has 1 amide bonds.